The van der Waals surface area contributed by atoms with Gasteiger partial charge in [0.25, 0.3) is 0 Å². The number of aryl methyl sites for hydroxylation is 1. The van der Waals surface area contributed by atoms with Crippen molar-refractivity contribution in [2.24, 2.45) is 5.16 Å². The normalized spacial score (nSPS) is 22.2. The number of rotatable bonds is 1. The summed E-state index contributed by atoms with van der Waals surface area (Å²) >= 11 is 1.64. The average molecular weight is 182 g/mol. The van der Waals surface area contributed by atoms with Crippen molar-refractivity contribution in [3.05, 3.63) is 16.1 Å². The van der Waals surface area contributed by atoms with Gasteiger partial charge in [-0.25, -0.2) is 4.98 Å². The number of nitrogens with zero attached hydrogens (tertiary/aromatic N) is 2. The third-order valence-corrected chi connectivity index (χ3v) is 2.78. The highest BCUT2D eigenvalue weighted by Crippen LogP contribution is 2.28. The Morgan fingerprint density at radius 2 is 2.42 bits per heavy atom. The molecule has 0 spiro atoms. The first-order valence-corrected chi connectivity index (χ1v) is 4.75. The summed E-state index contributed by atoms with van der Waals surface area (Å²) in [6, 6.07) is 0. The highest BCUT2D eigenvalue weighted by atomic mass is 32.1. The fourth-order valence-electron chi connectivity index (χ4n) is 1.15. The van der Waals surface area contributed by atoms with Crippen LogP contribution < -0.4 is 0 Å². The molecule has 0 amide bonds. The van der Waals surface area contributed by atoms with Crippen LogP contribution in [0.5, 0.6) is 0 Å². The molecule has 1 unspecified atom stereocenters. The van der Waals surface area contributed by atoms with E-state index in [1.165, 1.54) is 0 Å². The molecule has 2 heterocycles. The molecule has 2 rings (SSSR count). The lowest BCUT2D eigenvalue weighted by molar-refractivity contribution is 0.0854. The molecule has 0 radical (unpaired) electrons. The van der Waals surface area contributed by atoms with Crippen LogP contribution in [0.2, 0.25) is 0 Å². The van der Waals surface area contributed by atoms with E-state index in [1.807, 2.05) is 19.2 Å². The van der Waals surface area contributed by atoms with Gasteiger partial charge in [0.2, 0.25) is 0 Å². The number of oxime groups is 1. The van der Waals surface area contributed by atoms with E-state index in [1.54, 1.807) is 11.3 Å². The summed E-state index contributed by atoms with van der Waals surface area (Å²) in [5, 5.41) is 6.96. The SMILES string of the molecule is CC1=NOC(c2nc(C)cs2)C1. The van der Waals surface area contributed by atoms with Crippen LogP contribution in [0.4, 0.5) is 0 Å². The Morgan fingerprint density at radius 1 is 1.58 bits per heavy atom. The molecule has 0 aromatic carbocycles. The molecular formula is C8H10N2OS. The van der Waals surface area contributed by atoms with Gasteiger partial charge in [0.15, 0.2) is 6.10 Å². The van der Waals surface area contributed by atoms with E-state index in [0.29, 0.717) is 0 Å². The second-order valence-electron chi connectivity index (χ2n) is 2.95. The van der Waals surface area contributed by atoms with Crippen molar-refractivity contribution in [1.82, 2.24) is 4.98 Å². The monoisotopic (exact) mass is 182 g/mol. The van der Waals surface area contributed by atoms with Crippen molar-refractivity contribution in [2.45, 2.75) is 26.4 Å². The van der Waals surface area contributed by atoms with Crippen molar-refractivity contribution in [3.63, 3.8) is 0 Å². The summed E-state index contributed by atoms with van der Waals surface area (Å²) < 4.78 is 0. The molecule has 64 valence electrons. The zero-order valence-corrected chi connectivity index (χ0v) is 7.89. The van der Waals surface area contributed by atoms with Crippen molar-refractivity contribution in [1.29, 1.82) is 0 Å². The van der Waals surface area contributed by atoms with Gasteiger partial charge in [0.05, 0.1) is 5.71 Å². The van der Waals surface area contributed by atoms with Gasteiger partial charge in [-0.15, -0.1) is 11.3 Å². The molecule has 1 aromatic rings. The molecule has 0 fully saturated rings. The van der Waals surface area contributed by atoms with Gasteiger partial charge in [-0.05, 0) is 13.8 Å². The Morgan fingerprint density at radius 3 is 2.92 bits per heavy atom. The maximum Gasteiger partial charge on any atom is 0.183 e. The number of hydrogen-bond acceptors (Lipinski definition) is 4. The lowest BCUT2D eigenvalue weighted by Gasteiger charge is -2.01. The molecule has 1 aliphatic rings. The quantitative estimate of drug-likeness (QED) is 0.667. The lowest BCUT2D eigenvalue weighted by atomic mass is 10.2. The predicted molar refractivity (Wildman–Crippen MR) is 48.4 cm³/mol. The highest BCUT2D eigenvalue weighted by molar-refractivity contribution is 7.09. The first kappa shape index (κ1) is 7.73. The van der Waals surface area contributed by atoms with Crippen molar-refractivity contribution in [3.8, 4) is 0 Å². The van der Waals surface area contributed by atoms with Crippen molar-refractivity contribution < 1.29 is 4.84 Å². The van der Waals surface area contributed by atoms with E-state index in [2.05, 4.69) is 10.1 Å². The van der Waals surface area contributed by atoms with E-state index < -0.39 is 0 Å². The molecule has 0 aliphatic carbocycles. The van der Waals surface area contributed by atoms with Crippen LogP contribution in [0.15, 0.2) is 10.5 Å². The summed E-state index contributed by atoms with van der Waals surface area (Å²) in [6.07, 6.45) is 0.955. The third-order valence-electron chi connectivity index (χ3n) is 1.73. The van der Waals surface area contributed by atoms with E-state index in [9.17, 15) is 0 Å². The molecule has 0 N–H and O–H groups in total. The third kappa shape index (κ3) is 1.34. The molecule has 1 aromatic heterocycles. The molecule has 0 saturated carbocycles. The highest BCUT2D eigenvalue weighted by Gasteiger charge is 2.22. The van der Waals surface area contributed by atoms with Crippen LogP contribution in [-0.2, 0) is 4.84 Å². The van der Waals surface area contributed by atoms with Gasteiger partial charge < -0.3 is 4.84 Å². The van der Waals surface area contributed by atoms with Crippen LogP contribution >= 0.6 is 11.3 Å². The van der Waals surface area contributed by atoms with Crippen LogP contribution in [0.25, 0.3) is 0 Å². The Bertz CT molecular complexity index is 319. The molecule has 3 nitrogen and oxygen atoms in total. The first-order valence-electron chi connectivity index (χ1n) is 3.87. The van der Waals surface area contributed by atoms with Gasteiger partial charge in [0, 0.05) is 17.5 Å². The molecule has 1 atom stereocenters. The largest absolute Gasteiger partial charge is 0.385 e. The zero-order chi connectivity index (χ0) is 8.55. The van der Waals surface area contributed by atoms with Crippen LogP contribution in [0, 0.1) is 6.92 Å². The van der Waals surface area contributed by atoms with Crippen molar-refractivity contribution >= 4 is 17.0 Å². The fraction of sp³-hybridized carbons (Fsp3) is 0.500. The Balaban J connectivity index is 2.13. The second-order valence-corrected chi connectivity index (χ2v) is 3.84. The molecule has 4 heteroatoms. The van der Waals surface area contributed by atoms with Gasteiger partial charge in [-0.3, -0.25) is 0 Å². The number of thiazole rings is 1. The maximum atomic E-state index is 5.20. The Labute approximate surface area is 75.1 Å². The standard InChI is InChI=1S/C8H10N2OS/c1-5-3-7(11-10-5)8-9-6(2)4-12-8/h4,7H,3H2,1-2H3. The minimum absolute atomic E-state index is 0.0729. The van der Waals surface area contributed by atoms with Gasteiger partial charge in [-0.1, -0.05) is 5.16 Å². The summed E-state index contributed by atoms with van der Waals surface area (Å²) in [5.74, 6) is 0. The number of hydrogen-bond donors (Lipinski definition) is 0. The summed E-state index contributed by atoms with van der Waals surface area (Å²) in [6.45, 7) is 3.96. The minimum Gasteiger partial charge on any atom is -0.385 e. The maximum absolute atomic E-state index is 5.20. The zero-order valence-electron chi connectivity index (χ0n) is 7.07. The fourth-order valence-corrected chi connectivity index (χ4v) is 1.97. The van der Waals surface area contributed by atoms with E-state index in [-0.39, 0.29) is 6.10 Å². The van der Waals surface area contributed by atoms with Gasteiger partial charge in [0.1, 0.15) is 5.01 Å². The van der Waals surface area contributed by atoms with Crippen LogP contribution in [-0.4, -0.2) is 10.7 Å². The topological polar surface area (TPSA) is 34.5 Å². The second kappa shape index (κ2) is 2.86. The lowest BCUT2D eigenvalue weighted by Crippen LogP contribution is -1.96. The predicted octanol–water partition coefficient (Wildman–Crippen LogP) is 2.29. The summed E-state index contributed by atoms with van der Waals surface area (Å²) in [4.78, 5) is 9.55. The van der Waals surface area contributed by atoms with Gasteiger partial charge >= 0.3 is 0 Å². The Hall–Kier alpha value is -0.900. The first-order chi connectivity index (χ1) is 5.75. The van der Waals surface area contributed by atoms with Crippen molar-refractivity contribution in [2.75, 3.05) is 0 Å². The molecule has 12 heavy (non-hydrogen) atoms. The Kier molecular flexibility index (Phi) is 1.84. The minimum atomic E-state index is 0.0729. The van der Waals surface area contributed by atoms with Crippen LogP contribution in [0.1, 0.15) is 30.2 Å². The van der Waals surface area contributed by atoms with E-state index >= 15 is 0 Å². The average Bonchev–Trinajstić information content (AvgIpc) is 2.58. The van der Waals surface area contributed by atoms with Crippen LogP contribution in [0.3, 0.4) is 0 Å². The van der Waals surface area contributed by atoms with E-state index in [0.717, 1.165) is 22.8 Å². The van der Waals surface area contributed by atoms with Gasteiger partial charge in [-0.2, -0.15) is 0 Å². The summed E-state index contributed by atoms with van der Waals surface area (Å²) in [5.41, 5.74) is 2.11. The number of aromatic nitrogens is 1. The smallest absolute Gasteiger partial charge is 0.183 e. The molecule has 0 bridgehead atoms. The molecular weight excluding hydrogens is 172 g/mol. The molecule has 1 aliphatic heterocycles. The van der Waals surface area contributed by atoms with E-state index in [4.69, 9.17) is 4.84 Å². The summed E-state index contributed by atoms with van der Waals surface area (Å²) in [7, 11) is 0. The molecule has 0 saturated heterocycles.